The molecule has 31 heavy (non-hydrogen) atoms. The maximum atomic E-state index is 13.2. The van der Waals surface area contributed by atoms with Crippen LogP contribution in [0.5, 0.6) is 5.75 Å². The van der Waals surface area contributed by atoms with Crippen LogP contribution < -0.4 is 9.84 Å². The zero-order chi connectivity index (χ0) is 22.8. The molecule has 0 spiro atoms. The molecular weight excluding hydrogens is 426 g/mol. The molecule has 164 valence electrons. The number of alkyl halides is 4. The van der Waals surface area contributed by atoms with Gasteiger partial charge in [-0.25, -0.2) is 4.79 Å². The van der Waals surface area contributed by atoms with Crippen molar-refractivity contribution in [1.82, 2.24) is 4.90 Å². The normalized spacial score (nSPS) is 18.7. The van der Waals surface area contributed by atoms with Crippen molar-refractivity contribution in [3.8, 4) is 5.75 Å². The molecule has 2 aromatic rings. The van der Waals surface area contributed by atoms with E-state index < -0.39 is 42.6 Å². The molecule has 0 N–H and O–H groups in total. The first-order valence-corrected chi connectivity index (χ1v) is 8.82. The summed E-state index contributed by atoms with van der Waals surface area (Å²) in [6, 6.07) is 9.39. The highest BCUT2D eigenvalue weighted by atomic mass is 19.3. The number of amides is 2. The van der Waals surface area contributed by atoms with Gasteiger partial charge in [0.1, 0.15) is 24.2 Å². The Morgan fingerprint density at radius 1 is 1.23 bits per heavy atom. The smallest absolute Gasteiger partial charge is 0.461 e. The van der Waals surface area contributed by atoms with Gasteiger partial charge in [-0.1, -0.05) is 36.4 Å². The Kier molecular flexibility index (Phi) is 6.14. The summed E-state index contributed by atoms with van der Waals surface area (Å²) in [6.07, 6.45) is -12.5. The van der Waals surface area contributed by atoms with Gasteiger partial charge < -0.3 is 19.4 Å². The van der Waals surface area contributed by atoms with Crippen LogP contribution in [0.2, 0.25) is 0 Å². The van der Waals surface area contributed by atoms with Gasteiger partial charge >= 0.3 is 18.6 Å². The summed E-state index contributed by atoms with van der Waals surface area (Å²) in [4.78, 5) is 34.7. The number of benzene rings is 2. The van der Waals surface area contributed by atoms with Crippen molar-refractivity contribution >= 4 is 18.5 Å². The van der Waals surface area contributed by atoms with Crippen molar-refractivity contribution < 1.29 is 46.5 Å². The monoisotopic (exact) mass is 440 g/mol. The third kappa shape index (κ3) is 4.76. The molecule has 11 heteroatoms. The molecule has 0 saturated carbocycles. The highest BCUT2D eigenvalue weighted by molar-refractivity contribution is 5.88. The van der Waals surface area contributed by atoms with E-state index in [1.807, 2.05) is 0 Å². The zero-order valence-corrected chi connectivity index (χ0v) is 15.5. The fourth-order valence-electron chi connectivity index (χ4n) is 3.16. The van der Waals surface area contributed by atoms with E-state index >= 15 is 0 Å². The summed E-state index contributed by atoms with van der Waals surface area (Å²) in [5, 5.41) is 11.5. The first kappa shape index (κ1) is 22.1. The second-order valence-electron chi connectivity index (χ2n) is 6.61. The van der Waals surface area contributed by atoms with Crippen LogP contribution in [0.3, 0.4) is 0 Å². The number of rotatable bonds is 7. The summed E-state index contributed by atoms with van der Waals surface area (Å²) in [6.45, 7) is 0. The standard InChI is InChI=1S/C20H15F4NO6/c21-17(22)20(23,24)31-14-3-1-2-12(8-14)9-15-16(30-19(29)25(15)18(27)28)13-6-4-11(10-26)5-7-13/h1-8,10,15-17H,9H2,(H,27,28)/p-1. The number of nitrogens with zero attached hydrogens (tertiary/aromatic N) is 1. The van der Waals surface area contributed by atoms with Crippen LogP contribution in [-0.4, -0.2) is 41.9 Å². The minimum absolute atomic E-state index is 0.211. The lowest BCUT2D eigenvalue weighted by Gasteiger charge is -2.25. The van der Waals surface area contributed by atoms with Gasteiger partial charge in [-0.05, 0) is 29.7 Å². The van der Waals surface area contributed by atoms with Crippen molar-refractivity contribution in [3.63, 3.8) is 0 Å². The molecule has 2 atom stereocenters. The Balaban J connectivity index is 1.89. The van der Waals surface area contributed by atoms with E-state index in [0.717, 1.165) is 12.1 Å². The Labute approximate surface area is 172 Å². The molecule has 2 unspecified atom stereocenters. The SMILES string of the molecule is O=Cc1ccc(C2OC(=O)N(C(=O)[O-])C2Cc2cccc(OC(F)(F)C(F)F)c2)cc1. The first-order chi connectivity index (χ1) is 14.6. The number of carbonyl (C=O) groups is 3. The highest BCUT2D eigenvalue weighted by Gasteiger charge is 2.45. The van der Waals surface area contributed by atoms with E-state index in [-0.39, 0.29) is 12.0 Å². The Morgan fingerprint density at radius 2 is 1.90 bits per heavy atom. The van der Waals surface area contributed by atoms with Crippen molar-refractivity contribution in [1.29, 1.82) is 0 Å². The molecule has 0 aliphatic carbocycles. The molecule has 0 bridgehead atoms. The van der Waals surface area contributed by atoms with E-state index in [0.29, 0.717) is 22.3 Å². The molecule has 1 aliphatic heterocycles. The summed E-state index contributed by atoms with van der Waals surface area (Å²) < 4.78 is 60.3. The number of ether oxygens (including phenoxy) is 2. The molecule has 0 radical (unpaired) electrons. The quantitative estimate of drug-likeness (QED) is 0.485. The molecule has 7 nitrogen and oxygen atoms in total. The van der Waals surface area contributed by atoms with E-state index in [2.05, 4.69) is 4.74 Å². The third-order valence-corrected chi connectivity index (χ3v) is 4.55. The first-order valence-electron chi connectivity index (χ1n) is 8.82. The molecule has 1 aliphatic rings. The lowest BCUT2D eigenvalue weighted by atomic mass is 9.95. The van der Waals surface area contributed by atoms with Crippen LogP contribution in [0.1, 0.15) is 27.6 Å². The lowest BCUT2D eigenvalue weighted by molar-refractivity contribution is -0.262. The summed E-state index contributed by atoms with van der Waals surface area (Å²) in [5.74, 6) is -0.570. The van der Waals surface area contributed by atoms with Gasteiger partial charge in [0, 0.05) is 5.56 Å². The van der Waals surface area contributed by atoms with E-state index in [1.54, 1.807) is 0 Å². The molecule has 0 aromatic heterocycles. The van der Waals surface area contributed by atoms with Crippen LogP contribution in [0, 0.1) is 0 Å². The van der Waals surface area contributed by atoms with Crippen LogP contribution in [0.15, 0.2) is 48.5 Å². The van der Waals surface area contributed by atoms with Crippen LogP contribution >= 0.6 is 0 Å². The number of aldehydes is 1. The van der Waals surface area contributed by atoms with E-state index in [9.17, 15) is 37.1 Å². The average molecular weight is 440 g/mol. The molecule has 3 rings (SSSR count). The largest absolute Gasteiger partial charge is 0.529 e. The summed E-state index contributed by atoms with van der Waals surface area (Å²) in [5.41, 5.74) is 0.933. The molecule has 2 amide bonds. The van der Waals surface area contributed by atoms with Crippen LogP contribution in [0.4, 0.5) is 27.2 Å². The Bertz CT molecular complexity index is 982. The van der Waals surface area contributed by atoms with Crippen molar-refractivity contribution in [2.75, 3.05) is 0 Å². The number of carbonyl (C=O) groups excluding carboxylic acids is 3. The minimum atomic E-state index is -4.72. The Morgan fingerprint density at radius 3 is 2.48 bits per heavy atom. The minimum Gasteiger partial charge on any atom is -0.529 e. The predicted octanol–water partition coefficient (Wildman–Crippen LogP) is 3.18. The van der Waals surface area contributed by atoms with E-state index in [1.165, 1.54) is 36.4 Å². The second-order valence-corrected chi connectivity index (χ2v) is 6.61. The Hall–Kier alpha value is -3.63. The topological polar surface area (TPSA) is 96.0 Å². The van der Waals surface area contributed by atoms with Gasteiger partial charge in [0.2, 0.25) is 0 Å². The van der Waals surface area contributed by atoms with Gasteiger partial charge in [-0.15, -0.1) is 0 Å². The maximum absolute atomic E-state index is 13.2. The fraction of sp³-hybridized carbons (Fsp3) is 0.250. The predicted molar refractivity (Wildman–Crippen MR) is 93.8 cm³/mol. The third-order valence-electron chi connectivity index (χ3n) is 4.55. The average Bonchev–Trinajstić information content (AvgIpc) is 3.03. The van der Waals surface area contributed by atoms with Crippen LogP contribution in [-0.2, 0) is 11.2 Å². The van der Waals surface area contributed by atoms with Gasteiger partial charge in [-0.3, -0.25) is 9.69 Å². The lowest BCUT2D eigenvalue weighted by Crippen LogP contribution is -2.47. The van der Waals surface area contributed by atoms with Gasteiger partial charge in [-0.2, -0.15) is 17.6 Å². The number of carboxylic acid groups (broad SMARTS) is 1. The maximum Gasteiger partial charge on any atom is 0.461 e. The van der Waals surface area contributed by atoms with E-state index in [4.69, 9.17) is 4.74 Å². The summed E-state index contributed by atoms with van der Waals surface area (Å²) in [7, 11) is 0. The molecule has 1 saturated heterocycles. The second kappa shape index (κ2) is 8.62. The molecule has 2 aromatic carbocycles. The fourth-order valence-corrected chi connectivity index (χ4v) is 3.16. The van der Waals surface area contributed by atoms with Crippen LogP contribution in [0.25, 0.3) is 0 Å². The van der Waals surface area contributed by atoms with Crippen molar-refractivity contribution in [2.45, 2.75) is 31.1 Å². The van der Waals surface area contributed by atoms with Gasteiger partial charge in [0.15, 0.2) is 0 Å². The number of hydrogen-bond acceptors (Lipinski definition) is 6. The number of cyclic esters (lactones) is 1. The van der Waals surface area contributed by atoms with Crippen molar-refractivity contribution in [2.24, 2.45) is 0 Å². The number of halogens is 4. The molecule has 1 heterocycles. The number of imide groups is 1. The molecular formula is C20H14F4NO6-. The summed E-state index contributed by atoms with van der Waals surface area (Å²) >= 11 is 0. The van der Waals surface area contributed by atoms with Gasteiger partial charge in [0.05, 0.1) is 6.04 Å². The number of hydrogen-bond donors (Lipinski definition) is 0. The highest BCUT2D eigenvalue weighted by Crippen LogP contribution is 2.35. The van der Waals surface area contributed by atoms with Gasteiger partial charge in [0.25, 0.3) is 0 Å². The molecule has 1 fully saturated rings. The van der Waals surface area contributed by atoms with Crippen molar-refractivity contribution in [3.05, 3.63) is 65.2 Å². The zero-order valence-electron chi connectivity index (χ0n) is 15.5.